The largest absolute Gasteiger partial charge is 0.416 e. The number of rotatable bonds is 2. The van der Waals surface area contributed by atoms with Crippen molar-refractivity contribution in [3.05, 3.63) is 71.1 Å². The van der Waals surface area contributed by atoms with Crippen LogP contribution in [0.25, 0.3) is 5.70 Å². The lowest BCUT2D eigenvalue weighted by Gasteiger charge is -2.13. The number of pyridine rings is 1. The fourth-order valence-corrected chi connectivity index (χ4v) is 2.54. The smallest absolute Gasteiger partial charge is 0.388 e. The van der Waals surface area contributed by atoms with Gasteiger partial charge < -0.3 is 5.32 Å². The Bertz CT molecular complexity index is 774. The topological polar surface area (TPSA) is 37.3 Å². The summed E-state index contributed by atoms with van der Waals surface area (Å²) in [6.07, 6.45) is 0.962. The number of aliphatic imine (C=N–C) groups is 1. The summed E-state index contributed by atoms with van der Waals surface area (Å²) in [5, 5.41) is 3.10. The molecule has 0 saturated heterocycles. The average molecular weight is 317 g/mol. The zero-order valence-corrected chi connectivity index (χ0v) is 12.4. The SMILES string of the molecule is CNC1=CCN=C(c2ccc(C(F)(F)F)cc2)c2ccncc21. The van der Waals surface area contributed by atoms with E-state index >= 15 is 0 Å². The zero-order chi connectivity index (χ0) is 16.4. The van der Waals surface area contributed by atoms with E-state index in [1.807, 2.05) is 19.2 Å². The molecule has 1 aliphatic rings. The molecule has 1 aliphatic heterocycles. The van der Waals surface area contributed by atoms with Gasteiger partial charge >= 0.3 is 6.18 Å². The summed E-state index contributed by atoms with van der Waals surface area (Å²) < 4.78 is 38.1. The van der Waals surface area contributed by atoms with Crippen LogP contribution in [0.15, 0.2) is 53.8 Å². The molecule has 2 aromatic rings. The maximum absolute atomic E-state index is 12.7. The Balaban J connectivity index is 2.05. The molecule has 118 valence electrons. The summed E-state index contributed by atoms with van der Waals surface area (Å²) in [5.74, 6) is 0. The molecule has 0 radical (unpaired) electrons. The Labute approximate surface area is 131 Å². The second kappa shape index (κ2) is 5.87. The molecule has 3 rings (SSSR count). The first-order chi connectivity index (χ1) is 11.0. The van der Waals surface area contributed by atoms with Crippen molar-refractivity contribution in [2.45, 2.75) is 6.18 Å². The lowest BCUT2D eigenvalue weighted by molar-refractivity contribution is -0.137. The van der Waals surface area contributed by atoms with E-state index in [9.17, 15) is 13.2 Å². The average Bonchev–Trinajstić information content (AvgIpc) is 2.73. The van der Waals surface area contributed by atoms with Gasteiger partial charge in [-0.3, -0.25) is 9.98 Å². The minimum Gasteiger partial charge on any atom is -0.388 e. The number of alkyl halides is 3. The van der Waals surface area contributed by atoms with Crippen molar-refractivity contribution >= 4 is 11.4 Å². The fraction of sp³-hybridized carbons (Fsp3) is 0.176. The third kappa shape index (κ3) is 2.97. The minimum atomic E-state index is -4.34. The molecular formula is C17H14F3N3. The van der Waals surface area contributed by atoms with Gasteiger partial charge in [0.1, 0.15) is 0 Å². The van der Waals surface area contributed by atoms with Gasteiger partial charge in [-0.15, -0.1) is 0 Å². The van der Waals surface area contributed by atoms with E-state index in [0.717, 1.165) is 29.0 Å². The summed E-state index contributed by atoms with van der Waals surface area (Å²) in [6, 6.07) is 6.89. The molecule has 0 atom stereocenters. The van der Waals surface area contributed by atoms with E-state index in [1.54, 1.807) is 12.4 Å². The number of aromatic nitrogens is 1. The molecule has 0 bridgehead atoms. The van der Waals surface area contributed by atoms with Crippen LogP contribution < -0.4 is 5.32 Å². The van der Waals surface area contributed by atoms with Crippen molar-refractivity contribution in [1.29, 1.82) is 0 Å². The van der Waals surface area contributed by atoms with Crippen molar-refractivity contribution in [3.63, 3.8) is 0 Å². The van der Waals surface area contributed by atoms with Crippen molar-refractivity contribution in [1.82, 2.24) is 10.3 Å². The van der Waals surface area contributed by atoms with Crippen LogP contribution >= 0.6 is 0 Å². The molecule has 6 heteroatoms. The summed E-state index contributed by atoms with van der Waals surface area (Å²) in [6.45, 7) is 0.446. The summed E-state index contributed by atoms with van der Waals surface area (Å²) in [7, 11) is 1.81. The van der Waals surface area contributed by atoms with Gasteiger partial charge in [0.25, 0.3) is 0 Å². The van der Waals surface area contributed by atoms with E-state index in [1.165, 1.54) is 12.1 Å². The van der Waals surface area contributed by atoms with Crippen molar-refractivity contribution in [2.75, 3.05) is 13.6 Å². The van der Waals surface area contributed by atoms with E-state index in [4.69, 9.17) is 0 Å². The van der Waals surface area contributed by atoms with Gasteiger partial charge in [-0.1, -0.05) is 12.1 Å². The number of nitrogens with zero attached hydrogens (tertiary/aromatic N) is 2. The normalized spacial score (nSPS) is 14.4. The Kier molecular flexibility index (Phi) is 3.90. The third-order valence-electron chi connectivity index (χ3n) is 3.67. The molecule has 0 amide bonds. The van der Waals surface area contributed by atoms with Crippen LogP contribution in [-0.2, 0) is 6.18 Å². The Morgan fingerprint density at radius 2 is 1.78 bits per heavy atom. The number of benzene rings is 1. The van der Waals surface area contributed by atoms with E-state index in [-0.39, 0.29) is 0 Å². The number of hydrogen-bond donors (Lipinski definition) is 1. The molecule has 0 aliphatic carbocycles. The monoisotopic (exact) mass is 317 g/mol. The van der Waals surface area contributed by atoms with Gasteiger partial charge in [0.05, 0.1) is 17.8 Å². The Hall–Kier alpha value is -2.63. The first kappa shape index (κ1) is 15.3. The van der Waals surface area contributed by atoms with Crippen LogP contribution in [0.4, 0.5) is 13.2 Å². The number of fused-ring (bicyclic) bond motifs is 1. The molecular weight excluding hydrogens is 303 g/mol. The molecule has 0 unspecified atom stereocenters. The second-order valence-corrected chi connectivity index (χ2v) is 5.05. The van der Waals surface area contributed by atoms with Crippen molar-refractivity contribution in [3.8, 4) is 0 Å². The highest BCUT2D eigenvalue weighted by Gasteiger charge is 2.30. The van der Waals surface area contributed by atoms with Crippen LogP contribution in [0.3, 0.4) is 0 Å². The highest BCUT2D eigenvalue weighted by atomic mass is 19.4. The lowest BCUT2D eigenvalue weighted by atomic mass is 9.97. The minimum absolute atomic E-state index is 0.446. The van der Waals surface area contributed by atoms with Crippen LogP contribution in [0.2, 0.25) is 0 Å². The first-order valence-electron chi connectivity index (χ1n) is 7.05. The molecule has 23 heavy (non-hydrogen) atoms. The summed E-state index contributed by atoms with van der Waals surface area (Å²) in [5.41, 5.74) is 3.27. The summed E-state index contributed by atoms with van der Waals surface area (Å²) in [4.78, 5) is 8.64. The molecule has 1 N–H and O–H groups in total. The first-order valence-corrected chi connectivity index (χ1v) is 7.05. The van der Waals surface area contributed by atoms with Crippen LogP contribution in [0.5, 0.6) is 0 Å². The van der Waals surface area contributed by atoms with Crippen molar-refractivity contribution < 1.29 is 13.2 Å². The van der Waals surface area contributed by atoms with Crippen LogP contribution in [0.1, 0.15) is 22.3 Å². The fourth-order valence-electron chi connectivity index (χ4n) is 2.54. The molecule has 0 saturated carbocycles. The van der Waals surface area contributed by atoms with Gasteiger partial charge in [-0.25, -0.2) is 0 Å². The molecule has 3 nitrogen and oxygen atoms in total. The van der Waals surface area contributed by atoms with Crippen LogP contribution in [-0.4, -0.2) is 24.3 Å². The van der Waals surface area contributed by atoms with E-state index in [2.05, 4.69) is 15.3 Å². The quantitative estimate of drug-likeness (QED) is 0.920. The van der Waals surface area contributed by atoms with Crippen molar-refractivity contribution in [2.24, 2.45) is 4.99 Å². The molecule has 2 heterocycles. The maximum atomic E-state index is 12.7. The van der Waals surface area contributed by atoms with Crippen LogP contribution in [0, 0.1) is 0 Å². The van der Waals surface area contributed by atoms with Gasteiger partial charge in [0.15, 0.2) is 0 Å². The number of hydrogen-bond acceptors (Lipinski definition) is 3. The van der Waals surface area contributed by atoms with E-state index in [0.29, 0.717) is 17.8 Å². The van der Waals surface area contributed by atoms with E-state index < -0.39 is 11.7 Å². The molecule has 1 aromatic heterocycles. The predicted molar refractivity (Wildman–Crippen MR) is 83.2 cm³/mol. The third-order valence-corrected chi connectivity index (χ3v) is 3.67. The highest BCUT2D eigenvalue weighted by Crippen LogP contribution is 2.30. The molecule has 0 spiro atoms. The zero-order valence-electron chi connectivity index (χ0n) is 12.4. The van der Waals surface area contributed by atoms with Gasteiger partial charge in [0, 0.05) is 41.8 Å². The van der Waals surface area contributed by atoms with Gasteiger partial charge in [0.2, 0.25) is 0 Å². The highest BCUT2D eigenvalue weighted by molar-refractivity contribution is 6.15. The Morgan fingerprint density at radius 1 is 1.04 bits per heavy atom. The van der Waals surface area contributed by atoms with Gasteiger partial charge in [-0.05, 0) is 24.3 Å². The number of nitrogens with one attached hydrogen (secondary N) is 1. The maximum Gasteiger partial charge on any atom is 0.416 e. The molecule has 0 fully saturated rings. The van der Waals surface area contributed by atoms with Gasteiger partial charge in [-0.2, -0.15) is 13.2 Å². The predicted octanol–water partition coefficient (Wildman–Crippen LogP) is 3.51. The lowest BCUT2D eigenvalue weighted by Crippen LogP contribution is -2.11. The summed E-state index contributed by atoms with van der Waals surface area (Å²) >= 11 is 0. The standard InChI is InChI=1S/C17H14F3N3/c1-21-15-7-9-23-16(13-6-8-22-10-14(13)15)11-2-4-12(5-3-11)17(18,19)20/h2-8,10,21H,9H2,1H3. The Morgan fingerprint density at radius 3 is 2.43 bits per heavy atom. The molecule has 1 aromatic carbocycles. The number of halogens is 3. The second-order valence-electron chi connectivity index (χ2n) is 5.05.